The molecule has 1 aromatic carbocycles. The van der Waals surface area contributed by atoms with Gasteiger partial charge in [-0.25, -0.2) is 0 Å². The summed E-state index contributed by atoms with van der Waals surface area (Å²) >= 11 is 0. The molecule has 0 aliphatic carbocycles. The molecule has 0 radical (unpaired) electrons. The standard InChI is InChI=1S/C22H37N5O2.HI/c1-4-15-29-20-8-6-7-18(16-20)9-12-25-22(24-5-2)26-19-10-13-27(14-11-19)17-21(28)23-3;/h6-8,16,19H,4-5,9-15,17H2,1-3H3,(H,23,28)(H2,24,25,26);1H. The molecular weight excluding hydrogens is 493 g/mol. The second kappa shape index (κ2) is 15.3. The maximum atomic E-state index is 11.5. The summed E-state index contributed by atoms with van der Waals surface area (Å²) in [6, 6.07) is 8.66. The number of hydrogen-bond acceptors (Lipinski definition) is 4. The predicted octanol–water partition coefficient (Wildman–Crippen LogP) is 2.40. The summed E-state index contributed by atoms with van der Waals surface area (Å²) < 4.78 is 5.71. The van der Waals surface area contributed by atoms with Crippen LogP contribution >= 0.6 is 24.0 Å². The topological polar surface area (TPSA) is 78.0 Å². The fourth-order valence-electron chi connectivity index (χ4n) is 3.34. The molecule has 2 rings (SSSR count). The van der Waals surface area contributed by atoms with Gasteiger partial charge in [0, 0.05) is 39.3 Å². The summed E-state index contributed by atoms with van der Waals surface area (Å²) in [5.41, 5.74) is 1.24. The Balaban J connectivity index is 0.00000450. The summed E-state index contributed by atoms with van der Waals surface area (Å²) in [5.74, 6) is 1.88. The number of nitrogens with zero attached hydrogens (tertiary/aromatic N) is 2. The summed E-state index contributed by atoms with van der Waals surface area (Å²) in [4.78, 5) is 18.5. The van der Waals surface area contributed by atoms with Crippen molar-refractivity contribution in [3.63, 3.8) is 0 Å². The smallest absolute Gasteiger partial charge is 0.233 e. The highest BCUT2D eigenvalue weighted by Gasteiger charge is 2.21. The lowest BCUT2D eigenvalue weighted by atomic mass is 10.1. The SMILES string of the molecule is CCCOc1cccc(CCN=C(NCC)NC2CCN(CC(=O)NC)CC2)c1.I. The van der Waals surface area contributed by atoms with Crippen molar-refractivity contribution in [1.29, 1.82) is 0 Å². The predicted molar refractivity (Wildman–Crippen MR) is 134 cm³/mol. The van der Waals surface area contributed by atoms with E-state index in [2.05, 4.69) is 46.8 Å². The van der Waals surface area contributed by atoms with Crippen LogP contribution in [-0.2, 0) is 11.2 Å². The number of piperidine rings is 1. The molecule has 0 bridgehead atoms. The third-order valence-corrected chi connectivity index (χ3v) is 4.96. The third-order valence-electron chi connectivity index (χ3n) is 4.96. The van der Waals surface area contributed by atoms with Gasteiger partial charge in [0.2, 0.25) is 5.91 Å². The molecule has 7 nitrogen and oxygen atoms in total. The minimum atomic E-state index is 0. The van der Waals surface area contributed by atoms with Crippen LogP contribution in [0.25, 0.3) is 0 Å². The molecule has 0 aromatic heterocycles. The van der Waals surface area contributed by atoms with Crippen LogP contribution in [0, 0.1) is 0 Å². The summed E-state index contributed by atoms with van der Waals surface area (Å²) in [6.45, 7) is 8.83. The van der Waals surface area contributed by atoms with E-state index in [1.807, 2.05) is 12.1 Å². The Kier molecular flexibility index (Phi) is 13.5. The highest BCUT2D eigenvalue weighted by molar-refractivity contribution is 14.0. The Morgan fingerprint density at radius 3 is 2.70 bits per heavy atom. The van der Waals surface area contributed by atoms with Crippen LogP contribution in [0.1, 0.15) is 38.7 Å². The van der Waals surface area contributed by atoms with Crippen molar-refractivity contribution >= 4 is 35.8 Å². The van der Waals surface area contributed by atoms with E-state index in [4.69, 9.17) is 9.73 Å². The number of likely N-dealkylation sites (tertiary alicyclic amines) is 1. The number of carbonyl (C=O) groups excluding carboxylic acids is 1. The fourth-order valence-corrected chi connectivity index (χ4v) is 3.34. The minimum absolute atomic E-state index is 0. The maximum absolute atomic E-state index is 11.5. The van der Waals surface area contributed by atoms with Gasteiger partial charge in [-0.05, 0) is 50.3 Å². The first-order valence-corrected chi connectivity index (χ1v) is 10.8. The van der Waals surface area contributed by atoms with Gasteiger partial charge in [0.05, 0.1) is 13.2 Å². The molecule has 0 unspecified atom stereocenters. The Morgan fingerprint density at radius 2 is 2.03 bits per heavy atom. The lowest BCUT2D eigenvalue weighted by Crippen LogP contribution is -2.50. The van der Waals surface area contributed by atoms with Crippen LogP contribution in [-0.4, -0.2) is 69.2 Å². The number of guanidine groups is 1. The molecule has 0 spiro atoms. The molecule has 1 aliphatic heterocycles. The van der Waals surface area contributed by atoms with Crippen LogP contribution in [0.5, 0.6) is 5.75 Å². The Bertz CT molecular complexity index is 648. The lowest BCUT2D eigenvalue weighted by molar-refractivity contribution is -0.122. The van der Waals surface area contributed by atoms with Gasteiger partial charge in [-0.1, -0.05) is 19.1 Å². The Morgan fingerprint density at radius 1 is 1.27 bits per heavy atom. The molecule has 3 N–H and O–H groups in total. The largest absolute Gasteiger partial charge is 0.494 e. The zero-order valence-electron chi connectivity index (χ0n) is 18.6. The first-order valence-electron chi connectivity index (χ1n) is 10.8. The van der Waals surface area contributed by atoms with Gasteiger partial charge in [0.25, 0.3) is 0 Å². The molecule has 30 heavy (non-hydrogen) atoms. The summed E-state index contributed by atoms with van der Waals surface area (Å²) in [6.07, 6.45) is 3.91. The van der Waals surface area contributed by atoms with Gasteiger partial charge in [0.15, 0.2) is 5.96 Å². The van der Waals surface area contributed by atoms with E-state index in [0.717, 1.165) is 70.2 Å². The lowest BCUT2D eigenvalue weighted by Gasteiger charge is -2.32. The molecule has 1 saturated heterocycles. The van der Waals surface area contributed by atoms with E-state index in [-0.39, 0.29) is 29.9 Å². The van der Waals surface area contributed by atoms with Crippen LogP contribution in [0.4, 0.5) is 0 Å². The number of carbonyl (C=O) groups is 1. The summed E-state index contributed by atoms with van der Waals surface area (Å²) in [5, 5.41) is 9.59. The zero-order chi connectivity index (χ0) is 20.9. The number of halogens is 1. The number of amides is 1. The zero-order valence-corrected chi connectivity index (χ0v) is 20.9. The third kappa shape index (κ3) is 9.97. The second-order valence-electron chi connectivity index (χ2n) is 7.37. The Hall–Kier alpha value is -1.55. The van der Waals surface area contributed by atoms with Gasteiger partial charge < -0.3 is 20.7 Å². The average molecular weight is 531 g/mol. The molecule has 170 valence electrons. The molecular formula is C22H38IN5O2. The van der Waals surface area contributed by atoms with E-state index in [1.165, 1.54) is 5.56 Å². The van der Waals surface area contributed by atoms with Crippen molar-refractivity contribution in [3.05, 3.63) is 29.8 Å². The quantitative estimate of drug-likeness (QED) is 0.246. The minimum Gasteiger partial charge on any atom is -0.494 e. The van der Waals surface area contributed by atoms with Gasteiger partial charge in [-0.2, -0.15) is 0 Å². The molecule has 1 aromatic rings. The van der Waals surface area contributed by atoms with Crippen molar-refractivity contribution in [2.24, 2.45) is 4.99 Å². The van der Waals surface area contributed by atoms with Gasteiger partial charge in [-0.15, -0.1) is 24.0 Å². The van der Waals surface area contributed by atoms with Crippen molar-refractivity contribution in [3.8, 4) is 5.75 Å². The van der Waals surface area contributed by atoms with Crippen molar-refractivity contribution in [2.45, 2.75) is 45.6 Å². The van der Waals surface area contributed by atoms with Crippen LogP contribution in [0.3, 0.4) is 0 Å². The normalized spacial score (nSPS) is 15.2. The molecule has 8 heteroatoms. The van der Waals surface area contributed by atoms with Crippen LogP contribution < -0.4 is 20.7 Å². The number of likely N-dealkylation sites (N-methyl/N-ethyl adjacent to an activating group) is 1. The highest BCUT2D eigenvalue weighted by atomic mass is 127. The van der Waals surface area contributed by atoms with Crippen LogP contribution in [0.15, 0.2) is 29.3 Å². The summed E-state index contributed by atoms with van der Waals surface area (Å²) in [7, 11) is 1.68. The molecule has 1 amide bonds. The number of nitrogens with one attached hydrogen (secondary N) is 3. The molecule has 1 heterocycles. The molecule has 0 saturated carbocycles. The first-order chi connectivity index (χ1) is 14.1. The van der Waals surface area contributed by atoms with Crippen molar-refractivity contribution < 1.29 is 9.53 Å². The number of hydrogen-bond donors (Lipinski definition) is 3. The van der Waals surface area contributed by atoms with E-state index >= 15 is 0 Å². The van der Waals surface area contributed by atoms with E-state index < -0.39 is 0 Å². The van der Waals surface area contributed by atoms with Gasteiger partial charge in [-0.3, -0.25) is 14.7 Å². The van der Waals surface area contributed by atoms with E-state index in [9.17, 15) is 4.79 Å². The van der Waals surface area contributed by atoms with Crippen molar-refractivity contribution in [2.75, 3.05) is 46.4 Å². The molecule has 0 atom stereocenters. The average Bonchev–Trinajstić information content (AvgIpc) is 2.74. The number of aliphatic imine (C=N–C) groups is 1. The maximum Gasteiger partial charge on any atom is 0.233 e. The number of rotatable bonds is 10. The monoisotopic (exact) mass is 531 g/mol. The first kappa shape index (κ1) is 26.5. The second-order valence-corrected chi connectivity index (χ2v) is 7.37. The van der Waals surface area contributed by atoms with E-state index in [1.54, 1.807) is 7.05 Å². The Labute approximate surface area is 198 Å². The van der Waals surface area contributed by atoms with E-state index in [0.29, 0.717) is 12.6 Å². The number of ether oxygens (including phenoxy) is 1. The fraction of sp³-hybridized carbons (Fsp3) is 0.636. The van der Waals surface area contributed by atoms with Crippen molar-refractivity contribution in [1.82, 2.24) is 20.9 Å². The number of benzene rings is 1. The highest BCUT2D eigenvalue weighted by Crippen LogP contribution is 2.14. The van der Waals surface area contributed by atoms with Gasteiger partial charge in [0.1, 0.15) is 5.75 Å². The molecule has 1 fully saturated rings. The van der Waals surface area contributed by atoms with Gasteiger partial charge >= 0.3 is 0 Å². The molecule has 1 aliphatic rings. The van der Waals surface area contributed by atoms with Crippen LogP contribution in [0.2, 0.25) is 0 Å².